The maximum atomic E-state index is 12.0. The second-order valence-corrected chi connectivity index (χ2v) is 5.09. The average molecular weight is 308 g/mol. The van der Waals surface area contributed by atoms with Crippen molar-refractivity contribution in [3.63, 3.8) is 0 Å². The molecule has 1 aromatic heterocycles. The predicted molar refractivity (Wildman–Crippen MR) is 74.4 cm³/mol. The van der Waals surface area contributed by atoms with E-state index >= 15 is 0 Å². The van der Waals surface area contributed by atoms with Crippen LogP contribution in [0.1, 0.15) is 22.3 Å². The summed E-state index contributed by atoms with van der Waals surface area (Å²) in [5, 5.41) is 4.07. The minimum absolute atomic E-state index is 0.0591. The normalized spacial score (nSPS) is 10.6. The van der Waals surface area contributed by atoms with Gasteiger partial charge < -0.3 is 5.73 Å². The maximum absolute atomic E-state index is 12.0. The number of hydrogen-bond donors (Lipinski definition) is 1. The lowest BCUT2D eigenvalue weighted by atomic mass is 10.0. The first-order chi connectivity index (χ1) is 8.56. The minimum Gasteiger partial charge on any atom is -0.398 e. The summed E-state index contributed by atoms with van der Waals surface area (Å²) in [4.78, 5) is 12.0. The number of rotatable bonds is 4. The van der Waals surface area contributed by atoms with E-state index in [4.69, 9.17) is 5.73 Å². The monoisotopic (exact) mass is 307 g/mol. The van der Waals surface area contributed by atoms with Crippen molar-refractivity contribution in [3.8, 4) is 0 Å². The molecule has 0 amide bonds. The zero-order valence-corrected chi connectivity index (χ0v) is 11.6. The van der Waals surface area contributed by atoms with E-state index in [1.54, 1.807) is 23.0 Å². The summed E-state index contributed by atoms with van der Waals surface area (Å²) >= 11 is 3.32. The van der Waals surface area contributed by atoms with Crippen molar-refractivity contribution < 1.29 is 4.79 Å². The Kier molecular flexibility index (Phi) is 3.81. The maximum Gasteiger partial charge on any atom is 0.165 e. The Bertz CT molecular complexity index is 577. The lowest BCUT2D eigenvalue weighted by Gasteiger charge is -2.04. The first-order valence-electron chi connectivity index (χ1n) is 5.62. The lowest BCUT2D eigenvalue weighted by Crippen LogP contribution is -2.05. The molecular formula is C13H14BrN3O. The number of Topliss-reactive ketones (excluding diaryl/α,β-unsaturated/α-hetero) is 1. The van der Waals surface area contributed by atoms with E-state index in [0.717, 1.165) is 10.0 Å². The van der Waals surface area contributed by atoms with Crippen LogP contribution in [-0.2, 0) is 13.5 Å². The number of aromatic nitrogens is 2. The Balaban J connectivity index is 2.03. The summed E-state index contributed by atoms with van der Waals surface area (Å²) in [6.07, 6.45) is 4.82. The molecular weight excluding hydrogens is 294 g/mol. The highest BCUT2D eigenvalue weighted by atomic mass is 79.9. The van der Waals surface area contributed by atoms with Crippen molar-refractivity contribution in [1.82, 2.24) is 9.78 Å². The highest BCUT2D eigenvalue weighted by Gasteiger charge is 2.10. The van der Waals surface area contributed by atoms with Gasteiger partial charge in [-0.25, -0.2) is 0 Å². The van der Waals surface area contributed by atoms with Crippen molar-refractivity contribution in [2.24, 2.45) is 7.05 Å². The van der Waals surface area contributed by atoms with E-state index in [2.05, 4.69) is 21.0 Å². The molecule has 0 unspecified atom stereocenters. The zero-order valence-electron chi connectivity index (χ0n) is 10.1. The van der Waals surface area contributed by atoms with Gasteiger partial charge in [-0.1, -0.05) is 15.9 Å². The van der Waals surface area contributed by atoms with Crippen LogP contribution in [0.4, 0.5) is 5.69 Å². The number of carbonyl (C=O) groups excluding carboxylic acids is 1. The molecule has 1 heterocycles. The second-order valence-electron chi connectivity index (χ2n) is 4.18. The van der Waals surface area contributed by atoms with Gasteiger partial charge in [0.2, 0.25) is 0 Å². The van der Waals surface area contributed by atoms with Crippen molar-refractivity contribution in [2.75, 3.05) is 5.73 Å². The van der Waals surface area contributed by atoms with E-state index in [0.29, 0.717) is 24.1 Å². The quantitative estimate of drug-likeness (QED) is 0.697. The number of nitrogens with zero attached hydrogens (tertiary/aromatic N) is 2. The molecule has 0 saturated carbocycles. The van der Waals surface area contributed by atoms with E-state index in [1.165, 1.54) is 0 Å². The van der Waals surface area contributed by atoms with Crippen molar-refractivity contribution >= 4 is 27.4 Å². The summed E-state index contributed by atoms with van der Waals surface area (Å²) in [7, 11) is 1.86. The first-order valence-corrected chi connectivity index (χ1v) is 6.41. The summed E-state index contributed by atoms with van der Waals surface area (Å²) in [6, 6.07) is 5.33. The molecule has 2 aromatic rings. The SMILES string of the molecule is Cn1cc(CCC(=O)c2ccc(Br)cc2N)cn1. The molecule has 0 saturated heterocycles. The van der Waals surface area contributed by atoms with Gasteiger partial charge in [-0.2, -0.15) is 5.10 Å². The molecule has 2 rings (SSSR count). The Morgan fingerprint density at radius 2 is 2.28 bits per heavy atom. The van der Waals surface area contributed by atoms with Crippen LogP contribution >= 0.6 is 15.9 Å². The van der Waals surface area contributed by atoms with Crippen LogP contribution in [0.5, 0.6) is 0 Å². The van der Waals surface area contributed by atoms with Gasteiger partial charge in [-0.05, 0) is 30.2 Å². The third-order valence-electron chi connectivity index (χ3n) is 2.71. The van der Waals surface area contributed by atoms with Gasteiger partial charge in [-0.3, -0.25) is 9.48 Å². The topological polar surface area (TPSA) is 60.9 Å². The number of hydrogen-bond acceptors (Lipinski definition) is 3. The molecule has 94 valence electrons. The molecule has 1 aromatic carbocycles. The Morgan fingerprint density at radius 1 is 1.50 bits per heavy atom. The molecule has 4 nitrogen and oxygen atoms in total. The summed E-state index contributed by atoms with van der Waals surface area (Å²) in [5.74, 6) is 0.0591. The molecule has 0 radical (unpaired) electrons. The molecule has 0 aliphatic carbocycles. The fourth-order valence-electron chi connectivity index (χ4n) is 1.78. The van der Waals surface area contributed by atoms with E-state index < -0.39 is 0 Å². The summed E-state index contributed by atoms with van der Waals surface area (Å²) in [6.45, 7) is 0. The molecule has 0 bridgehead atoms. The summed E-state index contributed by atoms with van der Waals surface area (Å²) < 4.78 is 2.61. The van der Waals surface area contributed by atoms with Crippen LogP contribution in [0.3, 0.4) is 0 Å². The molecule has 0 spiro atoms. The first kappa shape index (κ1) is 12.8. The van der Waals surface area contributed by atoms with Crippen molar-refractivity contribution in [3.05, 3.63) is 46.2 Å². The van der Waals surface area contributed by atoms with E-state index in [1.807, 2.05) is 19.3 Å². The largest absolute Gasteiger partial charge is 0.398 e. The number of aryl methyl sites for hydroxylation is 2. The Labute approximate surface area is 114 Å². The van der Waals surface area contributed by atoms with Gasteiger partial charge in [-0.15, -0.1) is 0 Å². The highest BCUT2D eigenvalue weighted by Crippen LogP contribution is 2.20. The van der Waals surface area contributed by atoms with Crippen LogP contribution < -0.4 is 5.73 Å². The third-order valence-corrected chi connectivity index (χ3v) is 3.21. The fraction of sp³-hybridized carbons (Fsp3) is 0.231. The van der Waals surface area contributed by atoms with Crippen LogP contribution in [0.15, 0.2) is 35.1 Å². The molecule has 5 heteroatoms. The highest BCUT2D eigenvalue weighted by molar-refractivity contribution is 9.10. The van der Waals surface area contributed by atoms with Crippen LogP contribution in [-0.4, -0.2) is 15.6 Å². The van der Waals surface area contributed by atoms with Crippen molar-refractivity contribution in [2.45, 2.75) is 12.8 Å². The van der Waals surface area contributed by atoms with Gasteiger partial charge in [0.15, 0.2) is 5.78 Å². The molecule has 0 aliphatic heterocycles. The third kappa shape index (κ3) is 2.98. The lowest BCUT2D eigenvalue weighted by molar-refractivity contribution is 0.0983. The number of nitrogens with two attached hydrogens (primary N) is 1. The molecule has 18 heavy (non-hydrogen) atoms. The fourth-order valence-corrected chi connectivity index (χ4v) is 2.16. The average Bonchev–Trinajstić information content (AvgIpc) is 2.72. The van der Waals surface area contributed by atoms with Gasteiger partial charge in [0.05, 0.1) is 6.20 Å². The number of benzene rings is 1. The summed E-state index contributed by atoms with van der Waals surface area (Å²) in [5.41, 5.74) is 7.98. The van der Waals surface area contributed by atoms with Crippen LogP contribution in [0, 0.1) is 0 Å². The van der Waals surface area contributed by atoms with E-state index in [9.17, 15) is 4.79 Å². The van der Waals surface area contributed by atoms with E-state index in [-0.39, 0.29) is 5.78 Å². The van der Waals surface area contributed by atoms with Gasteiger partial charge in [0.1, 0.15) is 0 Å². The van der Waals surface area contributed by atoms with Crippen LogP contribution in [0.25, 0.3) is 0 Å². The molecule has 0 atom stereocenters. The minimum atomic E-state index is 0.0591. The standard InChI is InChI=1S/C13H14BrN3O/c1-17-8-9(7-16-17)2-5-13(18)11-4-3-10(14)6-12(11)15/h3-4,6-8H,2,5,15H2,1H3. The number of ketones is 1. The van der Waals surface area contributed by atoms with Crippen LogP contribution in [0.2, 0.25) is 0 Å². The Morgan fingerprint density at radius 3 is 2.89 bits per heavy atom. The van der Waals surface area contributed by atoms with Gasteiger partial charge >= 0.3 is 0 Å². The van der Waals surface area contributed by atoms with Gasteiger partial charge in [0, 0.05) is 35.4 Å². The second kappa shape index (κ2) is 5.35. The zero-order chi connectivity index (χ0) is 13.1. The van der Waals surface area contributed by atoms with Gasteiger partial charge in [0.25, 0.3) is 0 Å². The number of carbonyl (C=O) groups is 1. The van der Waals surface area contributed by atoms with Crippen molar-refractivity contribution in [1.29, 1.82) is 0 Å². The smallest absolute Gasteiger partial charge is 0.165 e. The number of anilines is 1. The Hall–Kier alpha value is -1.62. The predicted octanol–water partition coefficient (Wildman–Crippen LogP) is 2.58. The molecule has 0 aliphatic rings. The molecule has 0 fully saturated rings. The molecule has 2 N–H and O–H groups in total. The number of halogens is 1. The number of nitrogen functional groups attached to an aromatic ring is 1.